The standard InChI is InChI=1S/C10H6ClFN2OS/c11-7-4-6(12)2-1-5(7)3-8-9(15)14-10(13)16-8/h1-4H,(H2,13,14,15). The molecular formula is C10H6ClFN2OS. The van der Waals surface area contributed by atoms with E-state index in [9.17, 15) is 9.18 Å². The summed E-state index contributed by atoms with van der Waals surface area (Å²) in [6, 6.07) is 3.95. The summed E-state index contributed by atoms with van der Waals surface area (Å²) in [6.07, 6.45) is 1.54. The lowest BCUT2D eigenvalue weighted by atomic mass is 10.2. The minimum atomic E-state index is -0.423. The van der Waals surface area contributed by atoms with E-state index in [-0.39, 0.29) is 10.2 Å². The molecule has 0 fully saturated rings. The molecule has 1 aromatic rings. The van der Waals surface area contributed by atoms with Gasteiger partial charge < -0.3 is 5.73 Å². The molecule has 1 amide bonds. The predicted octanol–water partition coefficient (Wildman–Crippen LogP) is 2.41. The van der Waals surface area contributed by atoms with Gasteiger partial charge in [-0.15, -0.1) is 0 Å². The molecule has 16 heavy (non-hydrogen) atoms. The molecule has 0 bridgehead atoms. The van der Waals surface area contributed by atoms with E-state index in [4.69, 9.17) is 17.3 Å². The number of rotatable bonds is 1. The molecule has 0 saturated carbocycles. The van der Waals surface area contributed by atoms with E-state index < -0.39 is 11.7 Å². The van der Waals surface area contributed by atoms with Crippen molar-refractivity contribution in [3.63, 3.8) is 0 Å². The summed E-state index contributed by atoms with van der Waals surface area (Å²) in [5.74, 6) is -0.823. The molecule has 1 aliphatic rings. The maximum atomic E-state index is 12.8. The molecule has 1 aliphatic heterocycles. The van der Waals surface area contributed by atoms with Gasteiger partial charge in [-0.25, -0.2) is 4.39 Å². The van der Waals surface area contributed by atoms with E-state index in [1.807, 2.05) is 0 Å². The van der Waals surface area contributed by atoms with E-state index >= 15 is 0 Å². The molecule has 1 heterocycles. The highest BCUT2D eigenvalue weighted by Crippen LogP contribution is 2.28. The second-order valence-corrected chi connectivity index (χ2v) is 4.50. The lowest BCUT2D eigenvalue weighted by Crippen LogP contribution is -2.01. The summed E-state index contributed by atoms with van der Waals surface area (Å²) in [5.41, 5.74) is 5.95. The van der Waals surface area contributed by atoms with Crippen LogP contribution >= 0.6 is 23.4 Å². The molecule has 2 N–H and O–H groups in total. The molecule has 0 saturated heterocycles. The Morgan fingerprint density at radius 2 is 2.25 bits per heavy atom. The summed E-state index contributed by atoms with van der Waals surface area (Å²) in [7, 11) is 0. The SMILES string of the molecule is NC1=NC(=O)C(=Cc2ccc(F)cc2Cl)S1. The molecule has 0 unspecified atom stereocenters. The Balaban J connectivity index is 2.34. The van der Waals surface area contributed by atoms with Gasteiger partial charge in [-0.1, -0.05) is 17.7 Å². The Morgan fingerprint density at radius 3 is 2.81 bits per heavy atom. The maximum absolute atomic E-state index is 12.8. The van der Waals surface area contributed by atoms with Gasteiger partial charge in [0.25, 0.3) is 5.91 Å². The summed E-state index contributed by atoms with van der Waals surface area (Å²) in [4.78, 5) is 15.2. The van der Waals surface area contributed by atoms with Crippen molar-refractivity contribution in [1.29, 1.82) is 0 Å². The second kappa shape index (κ2) is 4.27. The van der Waals surface area contributed by atoms with Crippen LogP contribution in [-0.4, -0.2) is 11.1 Å². The Labute approximate surface area is 100 Å². The fourth-order valence-corrected chi connectivity index (χ4v) is 2.08. The zero-order valence-corrected chi connectivity index (χ0v) is 9.48. The van der Waals surface area contributed by atoms with Crippen molar-refractivity contribution in [1.82, 2.24) is 0 Å². The second-order valence-electron chi connectivity index (χ2n) is 3.03. The molecule has 3 nitrogen and oxygen atoms in total. The van der Waals surface area contributed by atoms with Crippen LogP contribution in [0.15, 0.2) is 28.1 Å². The van der Waals surface area contributed by atoms with Crippen molar-refractivity contribution < 1.29 is 9.18 Å². The van der Waals surface area contributed by atoms with Crippen LogP contribution in [0.5, 0.6) is 0 Å². The first kappa shape index (κ1) is 11.2. The lowest BCUT2D eigenvalue weighted by molar-refractivity contribution is -0.113. The van der Waals surface area contributed by atoms with Crippen molar-refractivity contribution in [2.24, 2.45) is 10.7 Å². The van der Waals surface area contributed by atoms with Crippen molar-refractivity contribution in [3.05, 3.63) is 39.5 Å². The number of nitrogens with two attached hydrogens (primary N) is 1. The van der Waals surface area contributed by atoms with Crippen LogP contribution < -0.4 is 5.73 Å². The van der Waals surface area contributed by atoms with Gasteiger partial charge in [-0.2, -0.15) is 4.99 Å². The van der Waals surface area contributed by atoms with Crippen molar-refractivity contribution in [2.75, 3.05) is 0 Å². The minimum absolute atomic E-state index is 0.203. The fraction of sp³-hybridized carbons (Fsp3) is 0. The van der Waals surface area contributed by atoms with E-state index in [0.29, 0.717) is 10.5 Å². The van der Waals surface area contributed by atoms with Crippen molar-refractivity contribution in [2.45, 2.75) is 0 Å². The Hall–Kier alpha value is -1.33. The van der Waals surface area contributed by atoms with Crippen molar-refractivity contribution in [3.8, 4) is 0 Å². The van der Waals surface area contributed by atoms with Gasteiger partial charge in [0.2, 0.25) is 0 Å². The highest BCUT2D eigenvalue weighted by Gasteiger charge is 2.19. The summed E-state index contributed by atoms with van der Waals surface area (Å²) >= 11 is 6.89. The monoisotopic (exact) mass is 256 g/mol. The van der Waals surface area contributed by atoms with Gasteiger partial charge >= 0.3 is 0 Å². The summed E-state index contributed by atoms with van der Waals surface area (Å²) in [5, 5.41) is 0.445. The highest BCUT2D eigenvalue weighted by atomic mass is 35.5. The van der Waals surface area contributed by atoms with Crippen LogP contribution in [0.2, 0.25) is 5.02 Å². The van der Waals surface area contributed by atoms with Crippen LogP contribution in [0.3, 0.4) is 0 Å². The number of carbonyl (C=O) groups excluding carboxylic acids is 1. The number of carbonyl (C=O) groups is 1. The van der Waals surface area contributed by atoms with E-state index in [1.165, 1.54) is 24.3 Å². The molecule has 6 heteroatoms. The quantitative estimate of drug-likeness (QED) is 0.785. The number of amidine groups is 1. The van der Waals surface area contributed by atoms with E-state index in [1.54, 1.807) is 0 Å². The van der Waals surface area contributed by atoms with Crippen molar-refractivity contribution >= 4 is 40.5 Å². The molecule has 0 aromatic heterocycles. The number of halogens is 2. The van der Waals surface area contributed by atoms with Gasteiger partial charge in [-0.05, 0) is 35.5 Å². The molecule has 0 atom stereocenters. The van der Waals surface area contributed by atoms with E-state index in [0.717, 1.165) is 11.8 Å². The normalized spacial score (nSPS) is 18.0. The van der Waals surface area contributed by atoms with Crippen LogP contribution in [-0.2, 0) is 4.79 Å². The summed E-state index contributed by atoms with van der Waals surface area (Å²) in [6.45, 7) is 0. The van der Waals surface area contributed by atoms with Gasteiger partial charge in [0.05, 0.1) is 9.93 Å². The molecule has 82 valence electrons. The number of aliphatic imine (C=N–C) groups is 1. The average Bonchev–Trinajstić information content (AvgIpc) is 2.50. The number of benzene rings is 1. The van der Waals surface area contributed by atoms with Gasteiger partial charge in [0.1, 0.15) is 5.82 Å². The zero-order valence-electron chi connectivity index (χ0n) is 7.91. The third-order valence-corrected chi connectivity index (χ3v) is 3.03. The Kier molecular flexibility index (Phi) is 2.98. The first-order chi connectivity index (χ1) is 7.56. The molecular weight excluding hydrogens is 251 g/mol. The molecule has 1 aromatic carbocycles. The maximum Gasteiger partial charge on any atom is 0.286 e. The Morgan fingerprint density at radius 1 is 1.50 bits per heavy atom. The number of nitrogens with zero attached hydrogens (tertiary/aromatic N) is 1. The molecule has 0 spiro atoms. The molecule has 0 aliphatic carbocycles. The number of hydrogen-bond donors (Lipinski definition) is 1. The zero-order chi connectivity index (χ0) is 11.7. The molecule has 2 rings (SSSR count). The number of thioether (sulfide) groups is 1. The molecule has 0 radical (unpaired) electrons. The first-order valence-electron chi connectivity index (χ1n) is 4.29. The fourth-order valence-electron chi connectivity index (χ4n) is 1.19. The first-order valence-corrected chi connectivity index (χ1v) is 5.49. The van der Waals surface area contributed by atoms with E-state index in [2.05, 4.69) is 4.99 Å². The van der Waals surface area contributed by atoms with Gasteiger partial charge in [0.15, 0.2) is 5.17 Å². The topological polar surface area (TPSA) is 55.4 Å². The van der Waals surface area contributed by atoms with Crippen LogP contribution in [0, 0.1) is 5.82 Å². The lowest BCUT2D eigenvalue weighted by Gasteiger charge is -1.99. The number of amides is 1. The Bertz CT molecular complexity index is 528. The highest BCUT2D eigenvalue weighted by molar-refractivity contribution is 8.18. The number of hydrogen-bond acceptors (Lipinski definition) is 3. The summed E-state index contributed by atoms with van der Waals surface area (Å²) < 4.78 is 12.8. The predicted molar refractivity (Wildman–Crippen MR) is 63.6 cm³/mol. The smallest absolute Gasteiger partial charge is 0.286 e. The third-order valence-electron chi connectivity index (χ3n) is 1.89. The van der Waals surface area contributed by atoms with Crippen LogP contribution in [0.25, 0.3) is 6.08 Å². The third kappa shape index (κ3) is 2.25. The van der Waals surface area contributed by atoms with Gasteiger partial charge in [0, 0.05) is 0 Å². The van der Waals surface area contributed by atoms with Crippen LogP contribution in [0.4, 0.5) is 4.39 Å². The largest absolute Gasteiger partial charge is 0.378 e. The van der Waals surface area contributed by atoms with Crippen LogP contribution in [0.1, 0.15) is 5.56 Å². The minimum Gasteiger partial charge on any atom is -0.378 e. The van der Waals surface area contributed by atoms with Gasteiger partial charge in [-0.3, -0.25) is 4.79 Å². The average molecular weight is 257 g/mol.